The molecule has 33 heavy (non-hydrogen) atoms. The quantitative estimate of drug-likeness (QED) is 0.168. The van der Waals surface area contributed by atoms with Crippen LogP contribution in [0.4, 0.5) is 0 Å². The van der Waals surface area contributed by atoms with Crippen molar-refractivity contribution in [3.8, 4) is 0 Å². The van der Waals surface area contributed by atoms with Gasteiger partial charge in [0.2, 0.25) is 0 Å². The zero-order valence-electron chi connectivity index (χ0n) is 20.2. The van der Waals surface area contributed by atoms with Gasteiger partial charge in [-0.1, -0.05) is 44.4 Å². The van der Waals surface area contributed by atoms with Crippen molar-refractivity contribution in [2.24, 2.45) is 0 Å². The number of aliphatic carboxylic acids is 1. The number of hydrogen-bond donors (Lipinski definition) is 2. The summed E-state index contributed by atoms with van der Waals surface area (Å²) in [4.78, 5) is 24.5. The summed E-state index contributed by atoms with van der Waals surface area (Å²) in [6, 6.07) is 7.07. The second-order valence-corrected chi connectivity index (χ2v) is 8.14. The average molecular weight is 458 g/mol. The predicted molar refractivity (Wildman–Crippen MR) is 132 cm³/mol. The Morgan fingerprint density at radius 3 is 2.39 bits per heavy atom. The number of aromatic carboxylic acids is 1. The monoisotopic (exact) mass is 457 g/mol. The highest BCUT2D eigenvalue weighted by atomic mass is 16.5. The van der Waals surface area contributed by atoms with Crippen LogP contribution in [0.2, 0.25) is 0 Å². The Balaban J connectivity index is 2.41. The standard InChI is InChI=1S/C27H39NO5/c1-4-6-8-15-25(27(31)32)33-24(12-5-2)14-11-21-28(3)20-10-7-9-13-22-16-18-23(19-17-22)26(29)30/h5,11-12,14,16-19,21,25H,4,6-10,13,15,20H2,1-3H3,(H,29,30)(H,31,32)/b12-5-,21-11+,24-14+. The van der Waals surface area contributed by atoms with Crippen molar-refractivity contribution in [3.63, 3.8) is 0 Å². The van der Waals surface area contributed by atoms with Gasteiger partial charge in [0.05, 0.1) is 5.56 Å². The molecule has 0 heterocycles. The summed E-state index contributed by atoms with van der Waals surface area (Å²) in [6.07, 6.45) is 15.9. The van der Waals surface area contributed by atoms with E-state index in [4.69, 9.17) is 9.84 Å². The Bertz CT molecular complexity index is 795. The van der Waals surface area contributed by atoms with Gasteiger partial charge in [-0.2, -0.15) is 0 Å². The van der Waals surface area contributed by atoms with Crippen LogP contribution in [0.3, 0.4) is 0 Å². The molecule has 1 aromatic rings. The fourth-order valence-electron chi connectivity index (χ4n) is 3.32. The van der Waals surface area contributed by atoms with Crippen molar-refractivity contribution < 1.29 is 24.5 Å². The van der Waals surface area contributed by atoms with Gasteiger partial charge in [0.25, 0.3) is 0 Å². The van der Waals surface area contributed by atoms with Crippen LogP contribution in [-0.2, 0) is 16.0 Å². The lowest BCUT2D eigenvalue weighted by Gasteiger charge is -2.16. The van der Waals surface area contributed by atoms with Crippen LogP contribution < -0.4 is 0 Å². The van der Waals surface area contributed by atoms with Gasteiger partial charge in [0.1, 0.15) is 5.76 Å². The molecule has 0 bridgehead atoms. The lowest BCUT2D eigenvalue weighted by atomic mass is 10.1. The van der Waals surface area contributed by atoms with Gasteiger partial charge in [0.15, 0.2) is 6.10 Å². The molecule has 0 aromatic heterocycles. The van der Waals surface area contributed by atoms with E-state index < -0.39 is 18.0 Å². The van der Waals surface area contributed by atoms with Crippen molar-refractivity contribution in [2.75, 3.05) is 13.6 Å². The molecular weight excluding hydrogens is 418 g/mol. The van der Waals surface area contributed by atoms with E-state index in [1.807, 2.05) is 44.5 Å². The molecule has 0 aliphatic rings. The van der Waals surface area contributed by atoms with Crippen molar-refractivity contribution in [2.45, 2.75) is 71.3 Å². The van der Waals surface area contributed by atoms with Gasteiger partial charge in [-0.05, 0) is 81.2 Å². The molecule has 1 atom stereocenters. The summed E-state index contributed by atoms with van der Waals surface area (Å²) in [5.41, 5.74) is 1.48. The third-order valence-corrected chi connectivity index (χ3v) is 5.23. The van der Waals surface area contributed by atoms with Crippen LogP contribution in [0.25, 0.3) is 0 Å². The maximum absolute atomic E-state index is 11.5. The van der Waals surface area contributed by atoms with Crippen LogP contribution in [-0.4, -0.2) is 46.7 Å². The number of carbonyl (C=O) groups is 2. The molecule has 0 aliphatic heterocycles. The highest BCUT2D eigenvalue weighted by molar-refractivity contribution is 5.87. The normalized spacial score (nSPS) is 12.9. The molecule has 0 fully saturated rings. The number of unbranched alkanes of at least 4 members (excludes halogenated alkanes) is 4. The fourth-order valence-corrected chi connectivity index (χ4v) is 3.32. The van der Waals surface area contributed by atoms with E-state index in [0.717, 1.165) is 57.1 Å². The van der Waals surface area contributed by atoms with Crippen LogP contribution >= 0.6 is 0 Å². The molecule has 0 amide bonds. The minimum Gasteiger partial charge on any atom is -0.479 e. The molecule has 0 radical (unpaired) electrons. The molecule has 1 rings (SSSR count). The molecule has 182 valence electrons. The Morgan fingerprint density at radius 1 is 1.06 bits per heavy atom. The molecule has 1 unspecified atom stereocenters. The van der Waals surface area contributed by atoms with E-state index in [1.165, 1.54) is 0 Å². The zero-order valence-corrected chi connectivity index (χ0v) is 20.2. The van der Waals surface area contributed by atoms with Crippen molar-refractivity contribution in [1.82, 2.24) is 4.90 Å². The first-order valence-corrected chi connectivity index (χ1v) is 11.8. The van der Waals surface area contributed by atoms with Crippen molar-refractivity contribution >= 4 is 11.9 Å². The Labute approximate surface area is 198 Å². The number of carboxylic acid groups (broad SMARTS) is 2. The highest BCUT2D eigenvalue weighted by Crippen LogP contribution is 2.13. The van der Waals surface area contributed by atoms with Crippen LogP contribution in [0.15, 0.2) is 60.5 Å². The molecule has 1 aromatic carbocycles. The SMILES string of the molecule is C\C=C/C(=C\C=C\N(C)CCCCCc1ccc(C(=O)O)cc1)OC(CCCCC)C(=O)O. The molecule has 0 aliphatic carbocycles. The number of aryl methyl sites for hydroxylation is 1. The van der Waals surface area contributed by atoms with Gasteiger partial charge in [-0.15, -0.1) is 0 Å². The number of hydrogen-bond acceptors (Lipinski definition) is 4. The minimum atomic E-state index is -0.930. The smallest absolute Gasteiger partial charge is 0.344 e. The minimum absolute atomic E-state index is 0.319. The number of carboxylic acids is 2. The molecule has 0 saturated heterocycles. The third-order valence-electron chi connectivity index (χ3n) is 5.23. The first kappa shape index (κ1) is 28.0. The summed E-state index contributed by atoms with van der Waals surface area (Å²) in [5, 5.41) is 18.4. The van der Waals surface area contributed by atoms with Crippen molar-refractivity contribution in [3.05, 3.63) is 71.7 Å². The zero-order chi connectivity index (χ0) is 24.5. The molecular formula is C27H39NO5. The third kappa shape index (κ3) is 12.6. The topological polar surface area (TPSA) is 87.1 Å². The highest BCUT2D eigenvalue weighted by Gasteiger charge is 2.18. The van der Waals surface area contributed by atoms with Crippen molar-refractivity contribution in [1.29, 1.82) is 0 Å². The van der Waals surface area contributed by atoms with E-state index in [0.29, 0.717) is 17.7 Å². The molecule has 2 N–H and O–H groups in total. The number of allylic oxidation sites excluding steroid dienone is 4. The molecule has 0 spiro atoms. The van der Waals surface area contributed by atoms with E-state index in [1.54, 1.807) is 24.3 Å². The molecule has 6 nitrogen and oxygen atoms in total. The summed E-state index contributed by atoms with van der Waals surface area (Å²) >= 11 is 0. The van der Waals surface area contributed by atoms with E-state index in [9.17, 15) is 14.7 Å². The van der Waals surface area contributed by atoms with Gasteiger partial charge in [-0.25, -0.2) is 9.59 Å². The first-order chi connectivity index (χ1) is 15.9. The number of nitrogens with zero attached hydrogens (tertiary/aromatic N) is 1. The average Bonchev–Trinajstić information content (AvgIpc) is 2.78. The van der Waals surface area contributed by atoms with Gasteiger partial charge >= 0.3 is 11.9 Å². The summed E-state index contributed by atoms with van der Waals surface area (Å²) in [5.74, 6) is -1.29. The maximum Gasteiger partial charge on any atom is 0.344 e. The summed E-state index contributed by atoms with van der Waals surface area (Å²) in [7, 11) is 2.01. The van der Waals surface area contributed by atoms with Crippen LogP contribution in [0, 0.1) is 0 Å². The van der Waals surface area contributed by atoms with Gasteiger partial charge < -0.3 is 19.8 Å². The second kappa shape index (κ2) is 16.6. The Kier molecular flexibility index (Phi) is 14.1. The Morgan fingerprint density at radius 2 is 1.79 bits per heavy atom. The Hall–Kier alpha value is -3.02. The van der Waals surface area contributed by atoms with E-state index in [-0.39, 0.29) is 0 Å². The van der Waals surface area contributed by atoms with Crippen LogP contribution in [0.5, 0.6) is 0 Å². The summed E-state index contributed by atoms with van der Waals surface area (Å²) in [6.45, 7) is 4.88. The predicted octanol–water partition coefficient (Wildman–Crippen LogP) is 6.05. The molecule has 0 saturated carbocycles. The number of ether oxygens (including phenoxy) is 1. The van der Waals surface area contributed by atoms with Gasteiger partial charge in [0, 0.05) is 13.6 Å². The van der Waals surface area contributed by atoms with E-state index in [2.05, 4.69) is 11.8 Å². The van der Waals surface area contributed by atoms with E-state index >= 15 is 0 Å². The van der Waals surface area contributed by atoms with Gasteiger partial charge in [-0.3, -0.25) is 0 Å². The lowest BCUT2D eigenvalue weighted by Crippen LogP contribution is -2.23. The summed E-state index contributed by atoms with van der Waals surface area (Å²) < 4.78 is 5.73. The fraction of sp³-hybridized carbons (Fsp3) is 0.481. The lowest BCUT2D eigenvalue weighted by molar-refractivity contribution is -0.148. The number of rotatable bonds is 17. The van der Waals surface area contributed by atoms with Crippen LogP contribution in [0.1, 0.15) is 74.7 Å². The second-order valence-electron chi connectivity index (χ2n) is 8.14. The molecule has 6 heteroatoms. The number of benzene rings is 1. The maximum atomic E-state index is 11.5. The first-order valence-electron chi connectivity index (χ1n) is 11.8. The largest absolute Gasteiger partial charge is 0.479 e.